The lowest BCUT2D eigenvalue weighted by molar-refractivity contribution is -0.147. The van der Waals surface area contributed by atoms with Crippen molar-refractivity contribution in [2.45, 2.75) is 105 Å². The maximum atomic E-state index is 11.7. The number of carbonyl (C=O) groups excluding carboxylic acids is 2. The molecule has 2 atom stereocenters. The lowest BCUT2D eigenvalue weighted by atomic mass is 10.0. The molecule has 0 heterocycles. The summed E-state index contributed by atoms with van der Waals surface area (Å²) in [6.45, 7) is 9.66. The van der Waals surface area contributed by atoms with E-state index in [2.05, 4.69) is 27.7 Å². The van der Waals surface area contributed by atoms with Crippen molar-refractivity contribution in [1.29, 1.82) is 0 Å². The van der Waals surface area contributed by atoms with E-state index in [4.69, 9.17) is 9.47 Å². The molecule has 0 rings (SSSR count). The summed E-state index contributed by atoms with van der Waals surface area (Å²) in [6.07, 6.45) is 11.7. The first-order valence-electron chi connectivity index (χ1n) is 10.8. The molecule has 0 aliphatic rings. The number of rotatable bonds is 17. The second kappa shape index (κ2) is 17.4. The predicted molar refractivity (Wildman–Crippen MR) is 107 cm³/mol. The number of carbonyl (C=O) groups is 2. The highest BCUT2D eigenvalue weighted by molar-refractivity contribution is 5.70. The van der Waals surface area contributed by atoms with Gasteiger partial charge in [-0.1, -0.05) is 66.2 Å². The molecule has 0 saturated carbocycles. The van der Waals surface area contributed by atoms with E-state index in [9.17, 15) is 9.59 Å². The van der Waals surface area contributed by atoms with Gasteiger partial charge in [-0.3, -0.25) is 9.59 Å². The molecule has 0 spiro atoms. The van der Waals surface area contributed by atoms with Gasteiger partial charge in [-0.05, 0) is 37.5 Å². The zero-order valence-corrected chi connectivity index (χ0v) is 17.7. The molecule has 0 aromatic carbocycles. The van der Waals surface area contributed by atoms with Crippen molar-refractivity contribution >= 4 is 11.9 Å². The Balaban J connectivity index is 3.56. The smallest absolute Gasteiger partial charge is 0.305 e. The Bertz CT molecular complexity index is 320. The van der Waals surface area contributed by atoms with E-state index in [-0.39, 0.29) is 11.9 Å². The zero-order chi connectivity index (χ0) is 19.6. The van der Waals surface area contributed by atoms with Crippen LogP contribution in [0, 0.1) is 11.8 Å². The maximum Gasteiger partial charge on any atom is 0.305 e. The SMILES string of the molecule is CCCCCC(C)COC(=O)CCCCC(=O)OCC(C)CCCCC. The summed E-state index contributed by atoms with van der Waals surface area (Å²) in [5.41, 5.74) is 0. The quantitative estimate of drug-likeness (QED) is 0.230. The van der Waals surface area contributed by atoms with Gasteiger partial charge >= 0.3 is 11.9 Å². The van der Waals surface area contributed by atoms with Gasteiger partial charge in [-0.2, -0.15) is 0 Å². The van der Waals surface area contributed by atoms with Crippen LogP contribution in [-0.2, 0) is 19.1 Å². The molecule has 0 aliphatic heterocycles. The number of esters is 2. The zero-order valence-electron chi connectivity index (χ0n) is 17.7. The standard InChI is InChI=1S/C22H42O4/c1-5-7-9-13-19(3)17-25-21(23)15-11-12-16-22(24)26-18-20(4)14-10-8-6-2/h19-20H,5-18H2,1-4H3. The largest absolute Gasteiger partial charge is 0.465 e. The minimum atomic E-state index is -0.148. The van der Waals surface area contributed by atoms with Crippen LogP contribution >= 0.6 is 0 Å². The summed E-state index contributed by atoms with van der Waals surface area (Å²) in [5, 5.41) is 0. The van der Waals surface area contributed by atoms with Crippen LogP contribution in [0.1, 0.15) is 105 Å². The fourth-order valence-corrected chi connectivity index (χ4v) is 2.81. The van der Waals surface area contributed by atoms with Crippen molar-refractivity contribution in [1.82, 2.24) is 0 Å². The third-order valence-corrected chi connectivity index (χ3v) is 4.67. The summed E-state index contributed by atoms with van der Waals surface area (Å²) in [4.78, 5) is 23.4. The molecule has 154 valence electrons. The van der Waals surface area contributed by atoms with Gasteiger partial charge in [0, 0.05) is 12.8 Å². The molecule has 4 heteroatoms. The Labute approximate surface area is 161 Å². The molecular weight excluding hydrogens is 328 g/mol. The van der Waals surface area contributed by atoms with E-state index < -0.39 is 0 Å². The average molecular weight is 371 g/mol. The predicted octanol–water partition coefficient (Wildman–Crippen LogP) is 6.07. The molecule has 0 radical (unpaired) electrons. The van der Waals surface area contributed by atoms with Crippen molar-refractivity contribution in [3.63, 3.8) is 0 Å². The molecule has 0 bridgehead atoms. The first-order chi connectivity index (χ1) is 12.5. The molecule has 0 N–H and O–H groups in total. The van der Waals surface area contributed by atoms with Crippen LogP contribution in [-0.4, -0.2) is 25.2 Å². The highest BCUT2D eigenvalue weighted by Crippen LogP contribution is 2.12. The van der Waals surface area contributed by atoms with Gasteiger partial charge in [0.25, 0.3) is 0 Å². The molecule has 0 fully saturated rings. The Morgan fingerprint density at radius 3 is 1.38 bits per heavy atom. The van der Waals surface area contributed by atoms with Crippen molar-refractivity contribution in [2.75, 3.05) is 13.2 Å². The number of hydrogen-bond donors (Lipinski definition) is 0. The fourth-order valence-electron chi connectivity index (χ4n) is 2.81. The second-order valence-electron chi connectivity index (χ2n) is 7.78. The third kappa shape index (κ3) is 16.4. The molecular formula is C22H42O4. The van der Waals surface area contributed by atoms with Gasteiger partial charge in [0.05, 0.1) is 13.2 Å². The van der Waals surface area contributed by atoms with E-state index in [1.807, 2.05) is 0 Å². The van der Waals surface area contributed by atoms with Crippen molar-refractivity contribution in [3.8, 4) is 0 Å². The van der Waals surface area contributed by atoms with Crippen molar-refractivity contribution < 1.29 is 19.1 Å². The van der Waals surface area contributed by atoms with Gasteiger partial charge in [0.15, 0.2) is 0 Å². The van der Waals surface area contributed by atoms with Crippen LogP contribution in [0.4, 0.5) is 0 Å². The van der Waals surface area contributed by atoms with Crippen molar-refractivity contribution in [2.24, 2.45) is 11.8 Å². The Hall–Kier alpha value is -1.06. The lowest BCUT2D eigenvalue weighted by Crippen LogP contribution is -2.13. The summed E-state index contributed by atoms with van der Waals surface area (Å²) in [5.74, 6) is 0.565. The van der Waals surface area contributed by atoms with Crippen LogP contribution < -0.4 is 0 Å². The topological polar surface area (TPSA) is 52.6 Å². The van der Waals surface area contributed by atoms with Crippen LogP contribution in [0.3, 0.4) is 0 Å². The number of ether oxygens (including phenoxy) is 2. The summed E-state index contributed by atoms with van der Waals surface area (Å²) in [7, 11) is 0. The molecule has 0 aromatic rings. The summed E-state index contributed by atoms with van der Waals surface area (Å²) < 4.78 is 10.6. The monoisotopic (exact) mass is 370 g/mol. The van der Waals surface area contributed by atoms with E-state index in [0.29, 0.717) is 50.7 Å². The van der Waals surface area contributed by atoms with Gasteiger partial charge in [-0.25, -0.2) is 0 Å². The van der Waals surface area contributed by atoms with Crippen molar-refractivity contribution in [3.05, 3.63) is 0 Å². The Morgan fingerprint density at radius 2 is 1.04 bits per heavy atom. The average Bonchev–Trinajstić information content (AvgIpc) is 2.62. The van der Waals surface area contributed by atoms with Gasteiger partial charge in [0.1, 0.15) is 0 Å². The highest BCUT2D eigenvalue weighted by Gasteiger charge is 2.10. The van der Waals surface area contributed by atoms with E-state index >= 15 is 0 Å². The normalized spacial score (nSPS) is 13.2. The van der Waals surface area contributed by atoms with E-state index in [1.54, 1.807) is 0 Å². The molecule has 26 heavy (non-hydrogen) atoms. The van der Waals surface area contributed by atoms with Crippen LogP contribution in [0.25, 0.3) is 0 Å². The lowest BCUT2D eigenvalue weighted by Gasteiger charge is -2.12. The van der Waals surface area contributed by atoms with Crippen LogP contribution in [0.2, 0.25) is 0 Å². The van der Waals surface area contributed by atoms with Gasteiger partial charge < -0.3 is 9.47 Å². The molecule has 0 saturated heterocycles. The van der Waals surface area contributed by atoms with Gasteiger partial charge in [0.2, 0.25) is 0 Å². The minimum absolute atomic E-state index is 0.148. The molecule has 2 unspecified atom stereocenters. The number of hydrogen-bond acceptors (Lipinski definition) is 4. The highest BCUT2D eigenvalue weighted by atomic mass is 16.5. The summed E-state index contributed by atoms with van der Waals surface area (Å²) in [6, 6.07) is 0. The van der Waals surface area contributed by atoms with E-state index in [0.717, 1.165) is 12.8 Å². The third-order valence-electron chi connectivity index (χ3n) is 4.67. The van der Waals surface area contributed by atoms with Crippen LogP contribution in [0.15, 0.2) is 0 Å². The van der Waals surface area contributed by atoms with Gasteiger partial charge in [-0.15, -0.1) is 0 Å². The minimum Gasteiger partial charge on any atom is -0.465 e. The molecule has 0 aromatic heterocycles. The number of unbranched alkanes of at least 4 members (excludes halogenated alkanes) is 5. The van der Waals surface area contributed by atoms with E-state index in [1.165, 1.54) is 38.5 Å². The summed E-state index contributed by atoms with van der Waals surface area (Å²) >= 11 is 0. The van der Waals surface area contributed by atoms with Crippen LogP contribution in [0.5, 0.6) is 0 Å². The Kier molecular flexibility index (Phi) is 16.7. The maximum absolute atomic E-state index is 11.7. The Morgan fingerprint density at radius 1 is 0.654 bits per heavy atom. The fraction of sp³-hybridized carbons (Fsp3) is 0.909. The first kappa shape index (κ1) is 24.9. The molecule has 0 aliphatic carbocycles. The molecule has 4 nitrogen and oxygen atoms in total. The molecule has 0 amide bonds. The first-order valence-corrected chi connectivity index (χ1v) is 10.8. The second-order valence-corrected chi connectivity index (χ2v) is 7.78.